The highest BCUT2D eigenvalue weighted by atomic mass is 14.3. The van der Waals surface area contributed by atoms with Crippen molar-refractivity contribution in [2.24, 2.45) is 22.7 Å². The summed E-state index contributed by atoms with van der Waals surface area (Å²) in [7, 11) is 0. The fraction of sp³-hybridized carbons (Fsp3) is 1.00. The van der Waals surface area contributed by atoms with E-state index in [9.17, 15) is 0 Å². The second-order valence-electron chi connectivity index (χ2n) is 7.81. The van der Waals surface area contributed by atoms with Crippen LogP contribution in [0.15, 0.2) is 0 Å². The Morgan fingerprint density at radius 1 is 0.824 bits per heavy atom. The number of rotatable bonds is 7. The molecule has 0 radical (unpaired) electrons. The summed E-state index contributed by atoms with van der Waals surface area (Å²) in [5.74, 6) is 1.69. The molecule has 0 spiro atoms. The molecule has 17 heavy (non-hydrogen) atoms. The minimum absolute atomic E-state index is 0.478. The molecule has 2 atom stereocenters. The van der Waals surface area contributed by atoms with Crippen molar-refractivity contribution in [3.05, 3.63) is 0 Å². The maximum absolute atomic E-state index is 2.44. The van der Waals surface area contributed by atoms with Crippen molar-refractivity contribution in [1.29, 1.82) is 0 Å². The average molecular weight is 240 g/mol. The first-order valence-corrected chi connectivity index (χ1v) is 7.61. The van der Waals surface area contributed by atoms with Crippen molar-refractivity contribution >= 4 is 0 Å². The van der Waals surface area contributed by atoms with Gasteiger partial charge in [-0.1, -0.05) is 81.1 Å². The van der Waals surface area contributed by atoms with Gasteiger partial charge in [-0.2, -0.15) is 0 Å². The normalized spacial score (nSPS) is 16.9. The SMILES string of the molecule is CCC(C)C(C)(C)CCCCC(C)C(C)(C)C. The second kappa shape index (κ2) is 6.81. The molecule has 0 heterocycles. The van der Waals surface area contributed by atoms with Crippen LogP contribution in [-0.2, 0) is 0 Å². The molecule has 0 aromatic heterocycles. The highest BCUT2D eigenvalue weighted by Crippen LogP contribution is 2.35. The van der Waals surface area contributed by atoms with E-state index in [4.69, 9.17) is 0 Å². The van der Waals surface area contributed by atoms with Crippen LogP contribution in [0.5, 0.6) is 0 Å². The standard InChI is InChI=1S/C17H36/c1-9-14(2)17(7,8)13-11-10-12-15(3)16(4,5)6/h14-15H,9-13H2,1-8H3. The predicted octanol–water partition coefficient (Wildman–Crippen LogP) is 6.30. The average Bonchev–Trinajstić information content (AvgIpc) is 2.21. The Balaban J connectivity index is 3.86. The lowest BCUT2D eigenvalue weighted by atomic mass is 9.74. The molecule has 0 saturated heterocycles. The molecule has 0 N–H and O–H groups in total. The Kier molecular flexibility index (Phi) is 6.81. The zero-order valence-electron chi connectivity index (χ0n) is 13.7. The Morgan fingerprint density at radius 2 is 1.35 bits per heavy atom. The van der Waals surface area contributed by atoms with Gasteiger partial charge in [0, 0.05) is 0 Å². The molecule has 0 aromatic carbocycles. The molecular weight excluding hydrogens is 204 g/mol. The molecule has 0 aliphatic carbocycles. The predicted molar refractivity (Wildman–Crippen MR) is 80.3 cm³/mol. The van der Waals surface area contributed by atoms with Crippen LogP contribution in [0.4, 0.5) is 0 Å². The van der Waals surface area contributed by atoms with Gasteiger partial charge in [-0.15, -0.1) is 0 Å². The van der Waals surface area contributed by atoms with Crippen LogP contribution in [0.1, 0.15) is 87.5 Å². The topological polar surface area (TPSA) is 0 Å². The van der Waals surface area contributed by atoms with Crippen molar-refractivity contribution in [1.82, 2.24) is 0 Å². The lowest BCUT2D eigenvalue weighted by Crippen LogP contribution is -2.21. The summed E-state index contributed by atoms with van der Waals surface area (Å²) in [6.07, 6.45) is 6.89. The summed E-state index contributed by atoms with van der Waals surface area (Å²) < 4.78 is 0. The van der Waals surface area contributed by atoms with Gasteiger partial charge in [-0.25, -0.2) is 0 Å². The van der Waals surface area contributed by atoms with E-state index in [0.29, 0.717) is 10.8 Å². The van der Waals surface area contributed by atoms with E-state index in [0.717, 1.165) is 11.8 Å². The Hall–Kier alpha value is 0. The minimum Gasteiger partial charge on any atom is -0.0651 e. The van der Waals surface area contributed by atoms with E-state index in [1.54, 1.807) is 0 Å². The zero-order valence-corrected chi connectivity index (χ0v) is 13.7. The van der Waals surface area contributed by atoms with Crippen LogP contribution in [0.3, 0.4) is 0 Å². The van der Waals surface area contributed by atoms with Crippen molar-refractivity contribution in [3.8, 4) is 0 Å². The Labute approximate surface area is 111 Å². The lowest BCUT2D eigenvalue weighted by molar-refractivity contribution is 0.190. The van der Waals surface area contributed by atoms with Gasteiger partial charge in [-0.3, -0.25) is 0 Å². The number of hydrogen-bond acceptors (Lipinski definition) is 0. The van der Waals surface area contributed by atoms with Crippen LogP contribution in [-0.4, -0.2) is 0 Å². The van der Waals surface area contributed by atoms with Gasteiger partial charge < -0.3 is 0 Å². The molecule has 0 aromatic rings. The summed E-state index contributed by atoms with van der Waals surface area (Å²) >= 11 is 0. The third kappa shape index (κ3) is 6.48. The molecular formula is C17H36. The third-order valence-corrected chi connectivity index (χ3v) is 5.13. The first-order chi connectivity index (χ1) is 7.61. The van der Waals surface area contributed by atoms with Gasteiger partial charge in [0.2, 0.25) is 0 Å². The van der Waals surface area contributed by atoms with Gasteiger partial charge in [0.1, 0.15) is 0 Å². The van der Waals surface area contributed by atoms with Gasteiger partial charge in [-0.05, 0) is 29.1 Å². The van der Waals surface area contributed by atoms with E-state index in [-0.39, 0.29) is 0 Å². The molecule has 0 amide bonds. The molecule has 0 bridgehead atoms. The van der Waals surface area contributed by atoms with E-state index < -0.39 is 0 Å². The second-order valence-corrected chi connectivity index (χ2v) is 7.81. The summed E-state index contributed by atoms with van der Waals surface area (Å²) in [6.45, 7) is 19.1. The first kappa shape index (κ1) is 17.0. The minimum atomic E-state index is 0.478. The van der Waals surface area contributed by atoms with Crippen LogP contribution in [0, 0.1) is 22.7 Å². The van der Waals surface area contributed by atoms with Crippen LogP contribution >= 0.6 is 0 Å². The highest BCUT2D eigenvalue weighted by Gasteiger charge is 2.24. The quantitative estimate of drug-likeness (QED) is 0.458. The zero-order chi connectivity index (χ0) is 13.7. The van der Waals surface area contributed by atoms with E-state index in [1.165, 1.54) is 32.1 Å². The molecule has 0 rings (SSSR count). The lowest BCUT2D eigenvalue weighted by Gasteiger charge is -2.32. The first-order valence-electron chi connectivity index (χ1n) is 7.61. The Bertz CT molecular complexity index is 195. The van der Waals surface area contributed by atoms with Gasteiger partial charge in [0.25, 0.3) is 0 Å². The van der Waals surface area contributed by atoms with Crippen LogP contribution in [0.25, 0.3) is 0 Å². The maximum Gasteiger partial charge on any atom is -0.0329 e. The van der Waals surface area contributed by atoms with E-state index >= 15 is 0 Å². The molecule has 0 aliphatic heterocycles. The molecule has 0 aliphatic rings. The molecule has 2 unspecified atom stereocenters. The van der Waals surface area contributed by atoms with E-state index in [2.05, 4.69) is 55.4 Å². The summed E-state index contributed by atoms with van der Waals surface area (Å²) in [5, 5.41) is 0. The fourth-order valence-electron chi connectivity index (χ4n) is 2.26. The largest absolute Gasteiger partial charge is 0.0651 e. The third-order valence-electron chi connectivity index (χ3n) is 5.13. The van der Waals surface area contributed by atoms with Crippen molar-refractivity contribution < 1.29 is 0 Å². The van der Waals surface area contributed by atoms with Gasteiger partial charge >= 0.3 is 0 Å². The maximum atomic E-state index is 2.44. The number of unbranched alkanes of at least 4 members (excludes halogenated alkanes) is 1. The van der Waals surface area contributed by atoms with Gasteiger partial charge in [0.05, 0.1) is 0 Å². The van der Waals surface area contributed by atoms with Crippen LogP contribution < -0.4 is 0 Å². The molecule has 0 heteroatoms. The summed E-state index contributed by atoms with van der Waals surface area (Å²) in [4.78, 5) is 0. The fourth-order valence-corrected chi connectivity index (χ4v) is 2.26. The smallest absolute Gasteiger partial charge is 0.0329 e. The van der Waals surface area contributed by atoms with Gasteiger partial charge in [0.15, 0.2) is 0 Å². The van der Waals surface area contributed by atoms with Crippen molar-refractivity contribution in [3.63, 3.8) is 0 Å². The molecule has 104 valence electrons. The highest BCUT2D eigenvalue weighted by molar-refractivity contribution is 4.75. The van der Waals surface area contributed by atoms with Crippen molar-refractivity contribution in [2.75, 3.05) is 0 Å². The molecule has 0 fully saturated rings. The summed E-state index contributed by atoms with van der Waals surface area (Å²) in [6, 6.07) is 0. The summed E-state index contributed by atoms with van der Waals surface area (Å²) in [5.41, 5.74) is 1.01. The molecule has 0 saturated carbocycles. The van der Waals surface area contributed by atoms with E-state index in [1.807, 2.05) is 0 Å². The molecule has 0 nitrogen and oxygen atoms in total. The monoisotopic (exact) mass is 240 g/mol. The van der Waals surface area contributed by atoms with Crippen molar-refractivity contribution in [2.45, 2.75) is 87.5 Å². The Morgan fingerprint density at radius 3 is 1.76 bits per heavy atom. The number of hydrogen-bond donors (Lipinski definition) is 0. The van der Waals surface area contributed by atoms with Crippen LogP contribution in [0.2, 0.25) is 0 Å².